The van der Waals surface area contributed by atoms with E-state index in [9.17, 15) is 4.79 Å². The Bertz CT molecular complexity index is 450. The van der Waals surface area contributed by atoms with E-state index in [2.05, 4.69) is 15.6 Å². The monoisotopic (exact) mass is 273 g/mol. The molecule has 108 valence electrons. The van der Waals surface area contributed by atoms with Crippen molar-refractivity contribution in [2.75, 3.05) is 0 Å². The van der Waals surface area contributed by atoms with Crippen molar-refractivity contribution in [1.29, 1.82) is 0 Å². The predicted molar refractivity (Wildman–Crippen MR) is 78.1 cm³/mol. The van der Waals surface area contributed by atoms with Crippen LogP contribution in [-0.4, -0.2) is 23.0 Å². The number of aromatic nitrogens is 1. The molecule has 3 rings (SSSR count). The highest BCUT2D eigenvalue weighted by atomic mass is 16.1. The number of carbonyl (C=O) groups is 1. The summed E-state index contributed by atoms with van der Waals surface area (Å²) in [6.45, 7) is 2.03. The molecule has 4 heteroatoms. The Morgan fingerprint density at radius 2 is 2.00 bits per heavy atom. The number of nitrogens with one attached hydrogen (secondary N) is 2. The highest BCUT2D eigenvalue weighted by Crippen LogP contribution is 2.32. The molecular weight excluding hydrogens is 250 g/mol. The topological polar surface area (TPSA) is 54.0 Å². The SMILES string of the molecule is C[C@@H](NC(=O)CC1CC2CCC(C1)N2)c1ccncc1. The van der Waals surface area contributed by atoms with Gasteiger partial charge in [-0.1, -0.05) is 0 Å². The quantitative estimate of drug-likeness (QED) is 0.884. The molecule has 1 aromatic heterocycles. The molecule has 0 radical (unpaired) electrons. The van der Waals surface area contributed by atoms with Crippen LogP contribution in [0.3, 0.4) is 0 Å². The average molecular weight is 273 g/mol. The number of amides is 1. The highest BCUT2D eigenvalue weighted by Gasteiger charge is 2.34. The molecule has 0 spiro atoms. The van der Waals surface area contributed by atoms with Gasteiger partial charge in [0.15, 0.2) is 0 Å². The Labute approximate surface area is 120 Å². The van der Waals surface area contributed by atoms with Crippen molar-refractivity contribution in [1.82, 2.24) is 15.6 Å². The first-order chi connectivity index (χ1) is 9.70. The van der Waals surface area contributed by atoms with Crippen LogP contribution in [0.2, 0.25) is 0 Å². The van der Waals surface area contributed by atoms with Gasteiger partial charge in [0.2, 0.25) is 5.91 Å². The van der Waals surface area contributed by atoms with Crippen molar-refractivity contribution in [3.63, 3.8) is 0 Å². The lowest BCUT2D eigenvalue weighted by Gasteiger charge is -2.29. The largest absolute Gasteiger partial charge is 0.350 e. The van der Waals surface area contributed by atoms with E-state index in [0.29, 0.717) is 24.4 Å². The number of piperidine rings is 1. The van der Waals surface area contributed by atoms with Crippen LogP contribution in [0.15, 0.2) is 24.5 Å². The zero-order chi connectivity index (χ0) is 13.9. The number of carbonyl (C=O) groups excluding carboxylic acids is 1. The molecule has 2 unspecified atom stereocenters. The zero-order valence-electron chi connectivity index (χ0n) is 12.0. The maximum absolute atomic E-state index is 12.2. The van der Waals surface area contributed by atoms with Crippen LogP contribution < -0.4 is 10.6 Å². The van der Waals surface area contributed by atoms with Crippen LogP contribution in [0.25, 0.3) is 0 Å². The second-order valence-corrected chi connectivity index (χ2v) is 6.25. The van der Waals surface area contributed by atoms with E-state index in [1.807, 2.05) is 19.1 Å². The molecule has 0 aromatic carbocycles. The van der Waals surface area contributed by atoms with Crippen LogP contribution in [0.5, 0.6) is 0 Å². The maximum atomic E-state index is 12.2. The summed E-state index contributed by atoms with van der Waals surface area (Å²) in [7, 11) is 0. The van der Waals surface area contributed by atoms with Crippen molar-refractivity contribution in [3.8, 4) is 0 Å². The number of pyridine rings is 1. The Morgan fingerprint density at radius 1 is 1.35 bits per heavy atom. The molecule has 2 N–H and O–H groups in total. The molecule has 2 fully saturated rings. The summed E-state index contributed by atoms with van der Waals surface area (Å²) in [6.07, 6.45) is 9.10. The lowest BCUT2D eigenvalue weighted by atomic mass is 9.89. The van der Waals surface area contributed by atoms with Crippen molar-refractivity contribution in [2.45, 2.75) is 57.2 Å². The van der Waals surface area contributed by atoms with Gasteiger partial charge in [0.1, 0.15) is 0 Å². The minimum atomic E-state index is 0.0592. The summed E-state index contributed by atoms with van der Waals surface area (Å²) in [5, 5.41) is 6.73. The molecular formula is C16H23N3O. The van der Waals surface area contributed by atoms with Crippen LogP contribution in [0.4, 0.5) is 0 Å². The molecule has 2 saturated heterocycles. The van der Waals surface area contributed by atoms with Gasteiger partial charge in [0.05, 0.1) is 6.04 Å². The van der Waals surface area contributed by atoms with E-state index in [-0.39, 0.29) is 11.9 Å². The fourth-order valence-corrected chi connectivity index (χ4v) is 3.64. The highest BCUT2D eigenvalue weighted by molar-refractivity contribution is 5.76. The number of hydrogen-bond donors (Lipinski definition) is 2. The fourth-order valence-electron chi connectivity index (χ4n) is 3.64. The molecule has 2 aliphatic heterocycles. The number of nitrogens with zero attached hydrogens (tertiary/aromatic N) is 1. The van der Waals surface area contributed by atoms with Crippen molar-refractivity contribution >= 4 is 5.91 Å². The first-order valence-electron chi connectivity index (χ1n) is 7.66. The van der Waals surface area contributed by atoms with Gasteiger partial charge in [-0.25, -0.2) is 0 Å². The van der Waals surface area contributed by atoms with Gasteiger partial charge in [-0.2, -0.15) is 0 Å². The van der Waals surface area contributed by atoms with Crippen LogP contribution in [-0.2, 0) is 4.79 Å². The number of hydrogen-bond acceptors (Lipinski definition) is 3. The van der Waals surface area contributed by atoms with Crippen LogP contribution in [0, 0.1) is 5.92 Å². The third kappa shape index (κ3) is 3.18. The van der Waals surface area contributed by atoms with Crippen LogP contribution in [0.1, 0.15) is 50.6 Å². The molecule has 1 amide bonds. The predicted octanol–water partition coefficient (Wildman–Crippen LogP) is 2.18. The second-order valence-electron chi connectivity index (χ2n) is 6.25. The number of rotatable bonds is 4. The first-order valence-corrected chi connectivity index (χ1v) is 7.66. The second kappa shape index (κ2) is 5.92. The van der Waals surface area contributed by atoms with E-state index in [1.54, 1.807) is 12.4 Å². The zero-order valence-corrected chi connectivity index (χ0v) is 12.0. The van der Waals surface area contributed by atoms with Crippen molar-refractivity contribution in [3.05, 3.63) is 30.1 Å². The van der Waals surface area contributed by atoms with E-state index < -0.39 is 0 Å². The van der Waals surface area contributed by atoms with Gasteiger partial charge in [0.25, 0.3) is 0 Å². The molecule has 0 aliphatic carbocycles. The van der Waals surface area contributed by atoms with Crippen molar-refractivity contribution in [2.24, 2.45) is 5.92 Å². The molecule has 2 bridgehead atoms. The standard InChI is InChI=1S/C16H23N3O/c1-11(13-4-6-17-7-5-13)18-16(20)10-12-8-14-2-3-15(9-12)19-14/h4-7,11-12,14-15,19H,2-3,8-10H2,1H3,(H,18,20)/t11-,12?,14?,15?/m1/s1. The third-order valence-electron chi connectivity index (χ3n) is 4.63. The number of fused-ring (bicyclic) bond motifs is 2. The molecule has 3 atom stereocenters. The molecule has 4 nitrogen and oxygen atoms in total. The lowest BCUT2D eigenvalue weighted by molar-refractivity contribution is -0.122. The lowest BCUT2D eigenvalue weighted by Crippen LogP contribution is -2.40. The molecule has 1 aromatic rings. The smallest absolute Gasteiger partial charge is 0.220 e. The van der Waals surface area contributed by atoms with Gasteiger partial charge >= 0.3 is 0 Å². The van der Waals surface area contributed by atoms with Gasteiger partial charge in [-0.05, 0) is 56.2 Å². The summed E-state index contributed by atoms with van der Waals surface area (Å²) < 4.78 is 0. The van der Waals surface area contributed by atoms with E-state index in [4.69, 9.17) is 0 Å². The minimum absolute atomic E-state index is 0.0592. The Balaban J connectivity index is 1.50. The Kier molecular flexibility index (Phi) is 4.01. The summed E-state index contributed by atoms with van der Waals surface area (Å²) >= 11 is 0. The van der Waals surface area contributed by atoms with Crippen molar-refractivity contribution < 1.29 is 4.79 Å². The van der Waals surface area contributed by atoms with E-state index in [0.717, 1.165) is 18.4 Å². The van der Waals surface area contributed by atoms with Gasteiger partial charge in [-0.3, -0.25) is 9.78 Å². The summed E-state index contributed by atoms with van der Waals surface area (Å²) in [5.41, 5.74) is 1.11. The fraction of sp³-hybridized carbons (Fsp3) is 0.625. The molecule has 0 saturated carbocycles. The maximum Gasteiger partial charge on any atom is 0.220 e. The first kappa shape index (κ1) is 13.6. The van der Waals surface area contributed by atoms with E-state index >= 15 is 0 Å². The van der Waals surface area contributed by atoms with Gasteiger partial charge in [-0.15, -0.1) is 0 Å². The van der Waals surface area contributed by atoms with Gasteiger partial charge < -0.3 is 10.6 Å². The Morgan fingerprint density at radius 3 is 2.65 bits per heavy atom. The molecule has 20 heavy (non-hydrogen) atoms. The average Bonchev–Trinajstić information content (AvgIpc) is 2.78. The third-order valence-corrected chi connectivity index (χ3v) is 4.63. The molecule has 2 aliphatic rings. The summed E-state index contributed by atoms with van der Waals surface area (Å²) in [5.74, 6) is 0.735. The Hall–Kier alpha value is -1.42. The van der Waals surface area contributed by atoms with E-state index in [1.165, 1.54) is 12.8 Å². The van der Waals surface area contributed by atoms with Gasteiger partial charge in [0, 0.05) is 30.9 Å². The summed E-state index contributed by atoms with van der Waals surface area (Å²) in [6, 6.07) is 5.28. The van der Waals surface area contributed by atoms with Crippen LogP contribution >= 0.6 is 0 Å². The summed E-state index contributed by atoms with van der Waals surface area (Å²) in [4.78, 5) is 16.2. The normalized spacial score (nSPS) is 29.9. The molecule has 3 heterocycles. The minimum Gasteiger partial charge on any atom is -0.350 e.